The molecule has 2 amide bonds. The highest BCUT2D eigenvalue weighted by molar-refractivity contribution is 5.89. The van der Waals surface area contributed by atoms with E-state index in [2.05, 4.69) is 15.6 Å². The van der Waals surface area contributed by atoms with Gasteiger partial charge in [-0.05, 0) is 44.7 Å². The minimum atomic E-state index is -0.765. The molecule has 1 aromatic rings. The Morgan fingerprint density at radius 3 is 2.76 bits per heavy atom. The number of carbonyl (C=O) groups is 2. The fraction of sp³-hybridized carbons (Fsp3) is 0.533. The quantitative estimate of drug-likeness (QED) is 0.794. The maximum atomic E-state index is 11.9. The van der Waals surface area contributed by atoms with Crippen molar-refractivity contribution in [3.8, 4) is 0 Å². The smallest absolute Gasteiger partial charge is 0.319 e. The van der Waals surface area contributed by atoms with Gasteiger partial charge in [0.05, 0.1) is 17.3 Å². The summed E-state index contributed by atoms with van der Waals surface area (Å²) >= 11 is 0. The molecule has 1 heterocycles. The zero-order valence-electron chi connectivity index (χ0n) is 12.3. The number of carboxylic acids is 1. The van der Waals surface area contributed by atoms with E-state index in [1.807, 2.05) is 26.0 Å². The lowest BCUT2D eigenvalue weighted by molar-refractivity contribution is -0.142. The minimum Gasteiger partial charge on any atom is -0.481 e. The molecule has 0 radical (unpaired) electrons. The average Bonchev–Trinajstić information content (AvgIpc) is 2.88. The third-order valence-electron chi connectivity index (χ3n) is 3.97. The summed E-state index contributed by atoms with van der Waals surface area (Å²) in [7, 11) is 0. The van der Waals surface area contributed by atoms with Crippen LogP contribution in [0.4, 0.5) is 10.5 Å². The zero-order chi connectivity index (χ0) is 15.4. The van der Waals surface area contributed by atoms with E-state index in [1.165, 1.54) is 0 Å². The van der Waals surface area contributed by atoms with Gasteiger partial charge in [0, 0.05) is 12.2 Å². The van der Waals surface area contributed by atoms with Gasteiger partial charge in [0.2, 0.25) is 0 Å². The van der Waals surface area contributed by atoms with Crippen molar-refractivity contribution in [2.24, 2.45) is 11.8 Å². The number of pyridine rings is 1. The summed E-state index contributed by atoms with van der Waals surface area (Å²) in [6.45, 7) is 4.12. The van der Waals surface area contributed by atoms with Crippen LogP contribution in [0.25, 0.3) is 0 Å². The molecule has 21 heavy (non-hydrogen) atoms. The molecular formula is C15H21N3O3. The number of hydrogen-bond donors (Lipinski definition) is 3. The van der Waals surface area contributed by atoms with E-state index in [9.17, 15) is 9.59 Å². The van der Waals surface area contributed by atoms with Crippen molar-refractivity contribution in [2.75, 3.05) is 11.9 Å². The lowest BCUT2D eigenvalue weighted by Crippen LogP contribution is -2.35. The van der Waals surface area contributed by atoms with E-state index >= 15 is 0 Å². The Hall–Kier alpha value is -2.11. The van der Waals surface area contributed by atoms with Crippen molar-refractivity contribution in [3.05, 3.63) is 23.5 Å². The molecule has 0 saturated heterocycles. The number of carboxylic acid groups (broad SMARTS) is 1. The molecule has 3 N–H and O–H groups in total. The first-order valence-electron chi connectivity index (χ1n) is 7.19. The van der Waals surface area contributed by atoms with Crippen LogP contribution in [0.2, 0.25) is 0 Å². The molecular weight excluding hydrogens is 270 g/mol. The molecule has 1 fully saturated rings. The lowest BCUT2D eigenvalue weighted by Gasteiger charge is -2.17. The maximum absolute atomic E-state index is 11.9. The van der Waals surface area contributed by atoms with E-state index in [0.717, 1.165) is 24.2 Å². The summed E-state index contributed by atoms with van der Waals surface area (Å²) < 4.78 is 0. The monoisotopic (exact) mass is 291 g/mol. The molecule has 2 atom stereocenters. The van der Waals surface area contributed by atoms with Crippen molar-refractivity contribution >= 4 is 17.7 Å². The number of rotatable bonds is 4. The first kappa shape index (κ1) is 15.3. The van der Waals surface area contributed by atoms with Crippen molar-refractivity contribution in [2.45, 2.75) is 33.1 Å². The maximum Gasteiger partial charge on any atom is 0.319 e. The van der Waals surface area contributed by atoms with Crippen LogP contribution in [-0.4, -0.2) is 28.6 Å². The molecule has 2 unspecified atom stereocenters. The second-order valence-electron chi connectivity index (χ2n) is 5.56. The predicted octanol–water partition coefficient (Wildman–Crippen LogP) is 2.32. The average molecular weight is 291 g/mol. The highest BCUT2D eigenvalue weighted by Crippen LogP contribution is 2.31. The van der Waals surface area contributed by atoms with Gasteiger partial charge in [-0.3, -0.25) is 9.78 Å². The molecule has 1 aliphatic carbocycles. The normalized spacial score (nSPS) is 21.0. The van der Waals surface area contributed by atoms with Crippen LogP contribution < -0.4 is 10.6 Å². The SMILES string of the molecule is Cc1ccc(NC(=O)NCC2CCCC2C(=O)O)c(C)n1. The summed E-state index contributed by atoms with van der Waals surface area (Å²) in [4.78, 5) is 27.3. The Morgan fingerprint density at radius 1 is 1.33 bits per heavy atom. The van der Waals surface area contributed by atoms with Crippen LogP contribution in [0.1, 0.15) is 30.7 Å². The summed E-state index contributed by atoms with van der Waals surface area (Å²) in [5.74, 6) is -1.09. The van der Waals surface area contributed by atoms with Crippen molar-refractivity contribution in [1.29, 1.82) is 0 Å². The Kier molecular flexibility index (Phi) is 4.77. The van der Waals surface area contributed by atoms with E-state index in [-0.39, 0.29) is 17.9 Å². The number of nitrogens with one attached hydrogen (secondary N) is 2. The van der Waals surface area contributed by atoms with E-state index in [1.54, 1.807) is 0 Å². The highest BCUT2D eigenvalue weighted by Gasteiger charge is 2.32. The number of hydrogen-bond acceptors (Lipinski definition) is 3. The summed E-state index contributed by atoms with van der Waals surface area (Å²) in [6, 6.07) is 3.33. The molecule has 114 valence electrons. The van der Waals surface area contributed by atoms with Crippen LogP contribution in [0.5, 0.6) is 0 Å². The van der Waals surface area contributed by atoms with Gasteiger partial charge in [0.25, 0.3) is 0 Å². The van der Waals surface area contributed by atoms with Gasteiger partial charge < -0.3 is 15.7 Å². The number of aromatic nitrogens is 1. The second kappa shape index (κ2) is 6.56. The van der Waals surface area contributed by atoms with E-state index < -0.39 is 5.97 Å². The molecule has 1 aliphatic rings. The van der Waals surface area contributed by atoms with Crippen LogP contribution in [-0.2, 0) is 4.79 Å². The minimum absolute atomic E-state index is 0.0190. The van der Waals surface area contributed by atoms with E-state index in [0.29, 0.717) is 18.7 Å². The van der Waals surface area contributed by atoms with Gasteiger partial charge in [-0.2, -0.15) is 0 Å². The van der Waals surface area contributed by atoms with Crippen LogP contribution in [0.15, 0.2) is 12.1 Å². The van der Waals surface area contributed by atoms with Crippen LogP contribution in [0, 0.1) is 25.7 Å². The molecule has 0 aromatic carbocycles. The third kappa shape index (κ3) is 3.93. The summed E-state index contributed by atoms with van der Waals surface area (Å²) in [5, 5.41) is 14.6. The summed E-state index contributed by atoms with van der Waals surface area (Å²) in [5.41, 5.74) is 2.32. The van der Waals surface area contributed by atoms with Gasteiger partial charge in [0.1, 0.15) is 0 Å². The molecule has 6 nitrogen and oxygen atoms in total. The van der Waals surface area contributed by atoms with Crippen molar-refractivity contribution in [1.82, 2.24) is 10.3 Å². The number of urea groups is 1. The number of anilines is 1. The van der Waals surface area contributed by atoms with Crippen LogP contribution >= 0.6 is 0 Å². The lowest BCUT2D eigenvalue weighted by atomic mass is 9.96. The fourth-order valence-electron chi connectivity index (χ4n) is 2.82. The van der Waals surface area contributed by atoms with Gasteiger partial charge >= 0.3 is 12.0 Å². The number of nitrogens with zero attached hydrogens (tertiary/aromatic N) is 1. The molecule has 1 aromatic heterocycles. The molecule has 1 saturated carbocycles. The van der Waals surface area contributed by atoms with E-state index in [4.69, 9.17) is 5.11 Å². The topological polar surface area (TPSA) is 91.3 Å². The molecule has 0 spiro atoms. The largest absolute Gasteiger partial charge is 0.481 e. The number of aliphatic carboxylic acids is 1. The van der Waals surface area contributed by atoms with Crippen molar-refractivity contribution in [3.63, 3.8) is 0 Å². The van der Waals surface area contributed by atoms with Gasteiger partial charge in [0.15, 0.2) is 0 Å². The molecule has 6 heteroatoms. The Balaban J connectivity index is 1.86. The highest BCUT2D eigenvalue weighted by atomic mass is 16.4. The molecule has 2 rings (SSSR count). The first-order valence-corrected chi connectivity index (χ1v) is 7.19. The standard InChI is InChI=1S/C15H21N3O3/c1-9-6-7-13(10(2)17-9)18-15(21)16-8-11-4-3-5-12(11)14(19)20/h6-7,11-12H,3-5,8H2,1-2H3,(H,19,20)(H2,16,18,21). The second-order valence-corrected chi connectivity index (χ2v) is 5.56. The summed E-state index contributed by atoms with van der Waals surface area (Å²) in [6.07, 6.45) is 2.46. The van der Waals surface area contributed by atoms with Gasteiger partial charge in [-0.25, -0.2) is 4.79 Å². The third-order valence-corrected chi connectivity index (χ3v) is 3.97. The van der Waals surface area contributed by atoms with Crippen LogP contribution in [0.3, 0.4) is 0 Å². The number of carbonyl (C=O) groups excluding carboxylic acids is 1. The first-order chi connectivity index (χ1) is 9.97. The Bertz CT molecular complexity index is 545. The molecule has 0 aliphatic heterocycles. The van der Waals surface area contributed by atoms with Gasteiger partial charge in [-0.15, -0.1) is 0 Å². The predicted molar refractivity (Wildman–Crippen MR) is 79.2 cm³/mol. The Labute approximate surface area is 124 Å². The number of aryl methyl sites for hydroxylation is 2. The molecule has 0 bridgehead atoms. The van der Waals surface area contributed by atoms with Crippen molar-refractivity contribution < 1.29 is 14.7 Å². The fourth-order valence-corrected chi connectivity index (χ4v) is 2.82. The Morgan fingerprint density at radius 2 is 2.10 bits per heavy atom. The number of amides is 2. The van der Waals surface area contributed by atoms with Gasteiger partial charge in [-0.1, -0.05) is 6.42 Å². The zero-order valence-corrected chi connectivity index (χ0v) is 12.3.